The Morgan fingerprint density at radius 3 is 2.42 bits per heavy atom. The van der Waals surface area contributed by atoms with Crippen molar-refractivity contribution in [1.82, 2.24) is 0 Å². The van der Waals surface area contributed by atoms with Crippen LogP contribution in [-0.2, 0) is 0 Å². The van der Waals surface area contributed by atoms with Gasteiger partial charge in [-0.05, 0) is 61.7 Å². The van der Waals surface area contributed by atoms with Crippen LogP contribution in [0.25, 0.3) is 0 Å². The molecule has 0 atom stereocenters. The Kier molecular flexibility index (Phi) is 5.09. The lowest BCUT2D eigenvalue weighted by Crippen LogP contribution is -2.42. The Balaban J connectivity index is 3.08. The van der Waals surface area contributed by atoms with Crippen LogP contribution in [0.5, 0.6) is 0 Å². The highest BCUT2D eigenvalue weighted by Crippen LogP contribution is 2.38. The lowest BCUT2D eigenvalue weighted by atomic mass is 9.82. The van der Waals surface area contributed by atoms with E-state index in [1.54, 1.807) is 11.3 Å². The van der Waals surface area contributed by atoms with Crippen molar-refractivity contribution in [2.45, 2.75) is 52.2 Å². The first-order valence-corrected chi connectivity index (χ1v) is 7.95. The second kappa shape index (κ2) is 5.85. The smallest absolute Gasteiger partial charge is 0.113 e. The second-order valence-electron chi connectivity index (χ2n) is 5.67. The maximum absolute atomic E-state index is 10.4. The number of rotatable bonds is 5. The van der Waals surface area contributed by atoms with Gasteiger partial charge in [-0.1, -0.05) is 13.0 Å². The summed E-state index contributed by atoms with van der Waals surface area (Å²) in [6.07, 6.45) is 2.96. The summed E-state index contributed by atoms with van der Waals surface area (Å²) < 4.78 is 0.993. The molecule has 0 aliphatic rings. The number of anilines is 2. The van der Waals surface area contributed by atoms with Crippen molar-refractivity contribution in [2.24, 2.45) is 0 Å². The fourth-order valence-corrected chi connectivity index (χ4v) is 3.89. The summed E-state index contributed by atoms with van der Waals surface area (Å²) in [4.78, 5) is 0. The molecular weight excluding hydrogens is 324 g/mol. The van der Waals surface area contributed by atoms with E-state index >= 15 is 0 Å². The monoisotopic (exact) mass is 346 g/mol. The largest absolute Gasteiger partial charge is 0.396 e. The van der Waals surface area contributed by atoms with Gasteiger partial charge in [-0.2, -0.15) is 0 Å². The minimum atomic E-state index is -0.865. The lowest BCUT2D eigenvalue weighted by molar-refractivity contribution is 0.108. The molecule has 4 N–H and O–H groups in total. The van der Waals surface area contributed by atoms with Crippen LogP contribution in [0.1, 0.15) is 41.0 Å². The number of nitrogen functional groups attached to an aromatic ring is 1. The lowest BCUT2D eigenvalue weighted by Gasteiger charge is -2.37. The second-order valence-corrected chi connectivity index (χ2v) is 8.10. The van der Waals surface area contributed by atoms with Gasteiger partial charge in [0.15, 0.2) is 0 Å². The number of nitrogens with one attached hydrogen (secondary N) is 1. The van der Waals surface area contributed by atoms with Crippen molar-refractivity contribution in [2.75, 3.05) is 11.1 Å². The minimum absolute atomic E-state index is 0.368. The molecular formula is C14H23BrN2OS. The van der Waals surface area contributed by atoms with Crippen molar-refractivity contribution < 1.29 is 5.11 Å². The van der Waals surface area contributed by atoms with Gasteiger partial charge in [-0.25, -0.2) is 0 Å². The van der Waals surface area contributed by atoms with E-state index in [-0.39, 0.29) is 5.54 Å². The molecule has 5 heteroatoms. The van der Waals surface area contributed by atoms with E-state index in [0.717, 1.165) is 26.5 Å². The first-order chi connectivity index (χ1) is 8.58. The van der Waals surface area contributed by atoms with Crippen molar-refractivity contribution in [3.63, 3.8) is 0 Å². The van der Waals surface area contributed by atoms with Crippen LogP contribution >= 0.6 is 27.3 Å². The summed E-state index contributed by atoms with van der Waals surface area (Å²) in [5.74, 6) is 0. The number of nitrogens with two attached hydrogens (primary N) is 1. The molecule has 0 amide bonds. The Labute approximate surface area is 128 Å². The van der Waals surface area contributed by atoms with E-state index in [1.807, 2.05) is 19.9 Å². The third-order valence-corrected chi connectivity index (χ3v) is 4.47. The Morgan fingerprint density at radius 2 is 2.05 bits per heavy atom. The molecule has 0 unspecified atom stereocenters. The zero-order valence-electron chi connectivity index (χ0n) is 12.2. The molecule has 0 aliphatic heterocycles. The highest BCUT2D eigenvalue weighted by Gasteiger charge is 2.33. The Hall–Kier alpha value is -0.520. The fourth-order valence-electron chi connectivity index (χ4n) is 2.30. The molecule has 1 heterocycles. The third-order valence-electron chi connectivity index (χ3n) is 2.90. The van der Waals surface area contributed by atoms with Crippen LogP contribution < -0.4 is 11.1 Å². The summed E-state index contributed by atoms with van der Waals surface area (Å²) in [7, 11) is 0. The van der Waals surface area contributed by atoms with Gasteiger partial charge in [0.1, 0.15) is 5.00 Å². The highest BCUT2D eigenvalue weighted by molar-refractivity contribution is 9.11. The number of thiophene rings is 1. The van der Waals surface area contributed by atoms with E-state index in [4.69, 9.17) is 5.73 Å². The molecule has 3 nitrogen and oxygen atoms in total. The number of hydrogen-bond donors (Lipinski definition) is 3. The molecule has 0 spiro atoms. The molecule has 0 radical (unpaired) electrons. The van der Waals surface area contributed by atoms with Crippen LogP contribution in [0.3, 0.4) is 0 Å². The number of aliphatic hydroxyl groups is 1. The summed E-state index contributed by atoms with van der Waals surface area (Å²) in [6.45, 7) is 9.80. The Bertz CT molecular complexity index is 472. The molecule has 0 bridgehead atoms. The van der Waals surface area contributed by atoms with Crippen LogP contribution in [0.15, 0.2) is 21.5 Å². The first kappa shape index (κ1) is 16.5. The van der Waals surface area contributed by atoms with Crippen molar-refractivity contribution in [1.29, 1.82) is 0 Å². The molecule has 1 rings (SSSR count). The average molecular weight is 347 g/mol. The van der Waals surface area contributed by atoms with E-state index < -0.39 is 5.60 Å². The third kappa shape index (κ3) is 4.23. The average Bonchev–Trinajstić information content (AvgIpc) is 2.51. The highest BCUT2D eigenvalue weighted by atomic mass is 79.9. The van der Waals surface area contributed by atoms with Gasteiger partial charge in [0, 0.05) is 0 Å². The Morgan fingerprint density at radius 1 is 1.47 bits per heavy atom. The van der Waals surface area contributed by atoms with Gasteiger partial charge in [-0.3, -0.25) is 0 Å². The number of hydrogen-bond acceptors (Lipinski definition) is 4. The van der Waals surface area contributed by atoms with E-state index in [0.29, 0.717) is 0 Å². The van der Waals surface area contributed by atoms with E-state index in [2.05, 4.69) is 48.1 Å². The van der Waals surface area contributed by atoms with Crippen molar-refractivity contribution in [3.8, 4) is 0 Å². The van der Waals surface area contributed by atoms with Gasteiger partial charge >= 0.3 is 0 Å². The van der Waals surface area contributed by atoms with Crippen LogP contribution in [0.2, 0.25) is 0 Å². The van der Waals surface area contributed by atoms with Gasteiger partial charge in [0.2, 0.25) is 0 Å². The van der Waals surface area contributed by atoms with Gasteiger partial charge in [0.05, 0.1) is 20.6 Å². The molecule has 0 fully saturated rings. The van der Waals surface area contributed by atoms with Crippen LogP contribution in [0.4, 0.5) is 10.7 Å². The topological polar surface area (TPSA) is 58.3 Å². The van der Waals surface area contributed by atoms with E-state index in [1.165, 1.54) is 0 Å². The van der Waals surface area contributed by atoms with E-state index in [9.17, 15) is 5.11 Å². The summed E-state index contributed by atoms with van der Waals surface area (Å²) >= 11 is 4.99. The molecule has 0 saturated carbocycles. The van der Waals surface area contributed by atoms with Crippen LogP contribution in [0, 0.1) is 0 Å². The van der Waals surface area contributed by atoms with Crippen molar-refractivity contribution >= 4 is 38.0 Å². The quantitative estimate of drug-likeness (QED) is 0.693. The predicted molar refractivity (Wildman–Crippen MR) is 88.8 cm³/mol. The van der Waals surface area contributed by atoms with Gasteiger partial charge in [0.25, 0.3) is 0 Å². The number of halogens is 1. The molecule has 0 saturated heterocycles. The van der Waals surface area contributed by atoms with Gasteiger partial charge in [-0.15, -0.1) is 11.3 Å². The summed E-state index contributed by atoms with van der Waals surface area (Å²) in [5, 5.41) is 14.7. The maximum atomic E-state index is 10.4. The predicted octanol–water partition coefficient (Wildman–Crippen LogP) is 4.39. The summed E-state index contributed by atoms with van der Waals surface area (Å²) in [6, 6.07) is 1.89. The molecule has 0 aromatic carbocycles. The SMILES string of the molecule is CC/C=C(\C(C)(C)O)C(C)(C)Nc1sc(Br)cc1N. The molecule has 108 valence electrons. The van der Waals surface area contributed by atoms with Crippen LogP contribution in [-0.4, -0.2) is 16.2 Å². The molecule has 19 heavy (non-hydrogen) atoms. The zero-order valence-corrected chi connectivity index (χ0v) is 14.6. The summed E-state index contributed by atoms with van der Waals surface area (Å²) in [5.41, 5.74) is 6.42. The minimum Gasteiger partial charge on any atom is -0.396 e. The van der Waals surface area contributed by atoms with Gasteiger partial charge < -0.3 is 16.2 Å². The zero-order chi connectivity index (χ0) is 14.8. The molecule has 1 aromatic heterocycles. The first-order valence-electron chi connectivity index (χ1n) is 6.34. The molecule has 0 aliphatic carbocycles. The normalized spacial score (nSPS) is 13.7. The standard InChI is InChI=1S/C14H23BrN2OS/c1-6-7-10(14(4,5)18)13(2,3)17-12-9(16)8-11(15)19-12/h7-8,17-18H,6,16H2,1-5H3/b10-7-. The number of allylic oxidation sites excluding steroid dienone is 1. The van der Waals surface area contributed by atoms with Crippen molar-refractivity contribution in [3.05, 3.63) is 21.5 Å². The molecule has 1 aromatic rings. The fraction of sp³-hybridized carbons (Fsp3) is 0.571. The maximum Gasteiger partial charge on any atom is 0.113 e.